The lowest BCUT2D eigenvalue weighted by molar-refractivity contribution is -0.142. The summed E-state index contributed by atoms with van der Waals surface area (Å²) in [6.07, 6.45) is 0.346. The fourth-order valence-electron chi connectivity index (χ4n) is 1.55. The molecule has 2 unspecified atom stereocenters. The number of nitriles is 1. The molecule has 96 valence electrons. The van der Waals surface area contributed by atoms with Crippen molar-refractivity contribution >= 4 is 12.0 Å². The number of likely N-dealkylation sites (N-methyl/N-ethyl adjacent to an activating group) is 1. The van der Waals surface area contributed by atoms with E-state index < -0.39 is 12.0 Å². The van der Waals surface area contributed by atoms with E-state index in [9.17, 15) is 9.59 Å². The number of hydrogen-bond acceptors (Lipinski definition) is 3. The molecule has 0 aromatic heterocycles. The normalized spacial score (nSPS) is 13.4. The van der Waals surface area contributed by atoms with Gasteiger partial charge in [0.1, 0.15) is 6.04 Å². The van der Waals surface area contributed by atoms with Gasteiger partial charge in [0.15, 0.2) is 0 Å². The molecule has 0 saturated carbocycles. The van der Waals surface area contributed by atoms with Crippen molar-refractivity contribution in [3.8, 4) is 6.07 Å². The molecule has 0 fully saturated rings. The maximum atomic E-state index is 11.9. The molecule has 2 atom stereocenters. The summed E-state index contributed by atoms with van der Waals surface area (Å²) >= 11 is 0. The van der Waals surface area contributed by atoms with Gasteiger partial charge in [0.05, 0.1) is 12.0 Å². The number of urea groups is 1. The first kappa shape index (κ1) is 15.2. The fraction of sp³-hybridized carbons (Fsp3) is 0.727. The summed E-state index contributed by atoms with van der Waals surface area (Å²) in [7, 11) is 3.01. The number of hydrogen-bond donors (Lipinski definition) is 1. The molecule has 0 aromatic carbocycles. The first-order valence-electron chi connectivity index (χ1n) is 5.45. The Kier molecular flexibility index (Phi) is 6.03. The van der Waals surface area contributed by atoms with E-state index in [1.54, 1.807) is 20.9 Å². The van der Waals surface area contributed by atoms with Gasteiger partial charge in [-0.1, -0.05) is 6.92 Å². The molecule has 17 heavy (non-hydrogen) atoms. The van der Waals surface area contributed by atoms with Crippen molar-refractivity contribution in [1.29, 1.82) is 5.26 Å². The van der Waals surface area contributed by atoms with Gasteiger partial charge in [-0.2, -0.15) is 5.26 Å². The van der Waals surface area contributed by atoms with E-state index in [1.165, 1.54) is 16.8 Å². The number of aliphatic carboxylic acids is 1. The van der Waals surface area contributed by atoms with Gasteiger partial charge in [0.25, 0.3) is 0 Å². The van der Waals surface area contributed by atoms with Gasteiger partial charge in [0, 0.05) is 20.6 Å². The van der Waals surface area contributed by atoms with Crippen molar-refractivity contribution in [3.63, 3.8) is 0 Å². The van der Waals surface area contributed by atoms with Crippen molar-refractivity contribution in [1.82, 2.24) is 9.80 Å². The summed E-state index contributed by atoms with van der Waals surface area (Å²) in [5.74, 6) is -1.30. The summed E-state index contributed by atoms with van der Waals surface area (Å²) in [5, 5.41) is 17.6. The van der Waals surface area contributed by atoms with E-state index >= 15 is 0 Å². The van der Waals surface area contributed by atoms with Crippen LogP contribution in [0.3, 0.4) is 0 Å². The Morgan fingerprint density at radius 3 is 2.29 bits per heavy atom. The molecule has 0 radical (unpaired) electrons. The molecule has 6 heteroatoms. The quantitative estimate of drug-likeness (QED) is 0.778. The number of carboxylic acid groups (broad SMARTS) is 1. The second-order valence-corrected chi connectivity index (χ2v) is 4.07. The first-order valence-corrected chi connectivity index (χ1v) is 5.45. The average Bonchev–Trinajstić information content (AvgIpc) is 2.27. The second kappa shape index (κ2) is 6.74. The van der Waals surface area contributed by atoms with Gasteiger partial charge in [0.2, 0.25) is 0 Å². The molecule has 0 spiro atoms. The van der Waals surface area contributed by atoms with E-state index in [2.05, 4.69) is 0 Å². The van der Waals surface area contributed by atoms with Crippen LogP contribution in [0.5, 0.6) is 0 Å². The highest BCUT2D eigenvalue weighted by atomic mass is 16.4. The lowest BCUT2D eigenvalue weighted by Gasteiger charge is -2.29. The molecule has 0 aliphatic heterocycles. The molecular weight excluding hydrogens is 222 g/mol. The van der Waals surface area contributed by atoms with Crippen molar-refractivity contribution in [3.05, 3.63) is 0 Å². The number of carbonyl (C=O) groups excluding carboxylic acids is 1. The lowest BCUT2D eigenvalue weighted by atomic mass is 10.2. The molecule has 0 saturated heterocycles. The zero-order valence-corrected chi connectivity index (χ0v) is 10.7. The zero-order chi connectivity index (χ0) is 13.6. The highest BCUT2D eigenvalue weighted by molar-refractivity contribution is 5.82. The Balaban J connectivity index is 4.59. The molecule has 0 aliphatic rings. The van der Waals surface area contributed by atoms with Crippen LogP contribution in [0.2, 0.25) is 0 Å². The van der Waals surface area contributed by atoms with Crippen LogP contribution in [-0.4, -0.2) is 53.6 Å². The smallest absolute Gasteiger partial charge is 0.326 e. The third kappa shape index (κ3) is 4.31. The van der Waals surface area contributed by atoms with E-state index in [4.69, 9.17) is 10.4 Å². The van der Waals surface area contributed by atoms with Crippen LogP contribution >= 0.6 is 0 Å². The van der Waals surface area contributed by atoms with E-state index in [0.29, 0.717) is 6.42 Å². The molecule has 2 amide bonds. The predicted molar refractivity (Wildman–Crippen MR) is 62.3 cm³/mol. The molecule has 1 N–H and O–H groups in total. The molecule has 0 rings (SSSR count). The van der Waals surface area contributed by atoms with Crippen LogP contribution in [0.15, 0.2) is 0 Å². The number of nitrogens with zero attached hydrogens (tertiary/aromatic N) is 3. The molecule has 0 aromatic rings. The topological polar surface area (TPSA) is 84.6 Å². The number of carboxylic acids is 1. The molecule has 0 bridgehead atoms. The molecular formula is C11H19N3O3. The number of amides is 2. The zero-order valence-electron chi connectivity index (χ0n) is 10.7. The number of rotatable bonds is 5. The minimum absolute atomic E-state index is 0.276. The molecule has 6 nitrogen and oxygen atoms in total. The maximum absolute atomic E-state index is 11.9. The Morgan fingerprint density at radius 1 is 1.41 bits per heavy atom. The summed E-state index contributed by atoms with van der Waals surface area (Å²) in [6, 6.07) is 0.808. The summed E-state index contributed by atoms with van der Waals surface area (Å²) in [4.78, 5) is 25.3. The molecule has 0 aliphatic carbocycles. The maximum Gasteiger partial charge on any atom is 0.326 e. The van der Waals surface area contributed by atoms with Gasteiger partial charge in [-0.3, -0.25) is 0 Å². The third-order valence-corrected chi connectivity index (χ3v) is 2.54. The Hall–Kier alpha value is -1.77. The van der Waals surface area contributed by atoms with Crippen LogP contribution in [0.25, 0.3) is 0 Å². The van der Waals surface area contributed by atoms with E-state index in [-0.39, 0.29) is 18.5 Å². The largest absolute Gasteiger partial charge is 0.480 e. The van der Waals surface area contributed by atoms with Gasteiger partial charge in [-0.15, -0.1) is 0 Å². The van der Waals surface area contributed by atoms with Crippen LogP contribution in [0.4, 0.5) is 4.79 Å². The Morgan fingerprint density at radius 2 is 1.94 bits per heavy atom. The van der Waals surface area contributed by atoms with Crippen molar-refractivity contribution in [2.75, 3.05) is 20.6 Å². The fourth-order valence-corrected chi connectivity index (χ4v) is 1.55. The highest BCUT2D eigenvalue weighted by Gasteiger charge is 2.27. The average molecular weight is 241 g/mol. The SMILES string of the molecule is CCC(C(=O)O)N(C)C(=O)N(C)CC(C)C#N. The third-order valence-electron chi connectivity index (χ3n) is 2.54. The Bertz CT molecular complexity index is 324. The minimum atomic E-state index is -1.02. The van der Waals surface area contributed by atoms with Crippen LogP contribution < -0.4 is 0 Å². The monoisotopic (exact) mass is 241 g/mol. The van der Waals surface area contributed by atoms with Gasteiger partial charge >= 0.3 is 12.0 Å². The van der Waals surface area contributed by atoms with Crippen LogP contribution in [0.1, 0.15) is 20.3 Å². The predicted octanol–water partition coefficient (Wildman–Crippen LogP) is 0.993. The summed E-state index contributed by atoms with van der Waals surface area (Å²) in [6.45, 7) is 3.70. The Labute approximate surface area is 101 Å². The number of carbonyl (C=O) groups is 2. The van der Waals surface area contributed by atoms with E-state index in [1.807, 2.05) is 6.07 Å². The van der Waals surface area contributed by atoms with Gasteiger partial charge in [-0.05, 0) is 13.3 Å². The van der Waals surface area contributed by atoms with Crippen molar-refractivity contribution < 1.29 is 14.7 Å². The summed E-state index contributed by atoms with van der Waals surface area (Å²) < 4.78 is 0. The van der Waals surface area contributed by atoms with E-state index in [0.717, 1.165) is 0 Å². The van der Waals surface area contributed by atoms with Crippen LogP contribution in [-0.2, 0) is 4.79 Å². The lowest BCUT2D eigenvalue weighted by Crippen LogP contribution is -2.48. The van der Waals surface area contributed by atoms with Crippen molar-refractivity contribution in [2.45, 2.75) is 26.3 Å². The summed E-state index contributed by atoms with van der Waals surface area (Å²) in [5.41, 5.74) is 0. The van der Waals surface area contributed by atoms with Crippen LogP contribution in [0, 0.1) is 17.2 Å². The second-order valence-electron chi connectivity index (χ2n) is 4.07. The van der Waals surface area contributed by atoms with Gasteiger partial charge < -0.3 is 14.9 Å². The molecule has 0 heterocycles. The minimum Gasteiger partial charge on any atom is -0.480 e. The first-order chi connectivity index (χ1) is 7.84. The standard InChI is InChI=1S/C11H19N3O3/c1-5-9(10(15)16)14(4)11(17)13(3)7-8(2)6-12/h8-9H,5,7H2,1-4H3,(H,15,16). The van der Waals surface area contributed by atoms with Crippen molar-refractivity contribution in [2.24, 2.45) is 5.92 Å². The van der Waals surface area contributed by atoms with Gasteiger partial charge in [-0.25, -0.2) is 9.59 Å². The highest BCUT2D eigenvalue weighted by Crippen LogP contribution is 2.07.